The summed E-state index contributed by atoms with van der Waals surface area (Å²) in [4.78, 5) is 13.4. The number of rotatable bonds is 3. The number of ketones is 1. The standard InChI is InChI=1S/C26H24O/c1-26(2,3)20-14-16-23(22-15-13-18-9-7-8-12-21(18)22)24(17-20)25(27)19-10-5-4-6-11-19/h4-17,22H,1-3H3. The molecule has 1 nitrogen and oxygen atoms in total. The van der Waals surface area contributed by atoms with Gasteiger partial charge in [0.1, 0.15) is 0 Å². The van der Waals surface area contributed by atoms with Crippen molar-refractivity contribution in [3.8, 4) is 0 Å². The van der Waals surface area contributed by atoms with Crippen LogP contribution in [0.5, 0.6) is 0 Å². The van der Waals surface area contributed by atoms with Crippen molar-refractivity contribution in [3.05, 3.63) is 112 Å². The van der Waals surface area contributed by atoms with Gasteiger partial charge in [0.25, 0.3) is 0 Å². The largest absolute Gasteiger partial charge is 0.289 e. The summed E-state index contributed by atoms with van der Waals surface area (Å²) >= 11 is 0. The van der Waals surface area contributed by atoms with Crippen LogP contribution in [0.3, 0.4) is 0 Å². The highest BCUT2D eigenvalue weighted by molar-refractivity contribution is 6.10. The first-order valence-electron chi connectivity index (χ1n) is 9.46. The zero-order valence-electron chi connectivity index (χ0n) is 16.1. The first kappa shape index (κ1) is 17.5. The van der Waals surface area contributed by atoms with Crippen LogP contribution in [0.25, 0.3) is 6.08 Å². The van der Waals surface area contributed by atoms with E-state index in [0.29, 0.717) is 0 Å². The van der Waals surface area contributed by atoms with Gasteiger partial charge in [0.15, 0.2) is 5.78 Å². The van der Waals surface area contributed by atoms with Gasteiger partial charge in [-0.2, -0.15) is 0 Å². The van der Waals surface area contributed by atoms with E-state index in [0.717, 1.165) is 16.7 Å². The van der Waals surface area contributed by atoms with E-state index in [-0.39, 0.29) is 17.1 Å². The van der Waals surface area contributed by atoms with Gasteiger partial charge in [0.05, 0.1) is 0 Å². The van der Waals surface area contributed by atoms with Crippen LogP contribution in [0.1, 0.15) is 64.9 Å². The average molecular weight is 352 g/mol. The van der Waals surface area contributed by atoms with Crippen LogP contribution in [0.15, 0.2) is 78.9 Å². The molecular formula is C26H24O. The molecule has 1 aliphatic carbocycles. The molecule has 0 amide bonds. The minimum Gasteiger partial charge on any atom is -0.289 e. The molecule has 0 spiro atoms. The molecule has 4 rings (SSSR count). The molecule has 0 saturated carbocycles. The molecule has 134 valence electrons. The van der Waals surface area contributed by atoms with Crippen LogP contribution in [-0.4, -0.2) is 5.78 Å². The lowest BCUT2D eigenvalue weighted by Crippen LogP contribution is -2.15. The van der Waals surface area contributed by atoms with Crippen LogP contribution >= 0.6 is 0 Å². The molecule has 0 aliphatic heterocycles. The third kappa shape index (κ3) is 3.26. The Hall–Kier alpha value is -2.93. The van der Waals surface area contributed by atoms with E-state index in [1.807, 2.05) is 30.3 Å². The lowest BCUT2D eigenvalue weighted by molar-refractivity contribution is 0.103. The Morgan fingerprint density at radius 2 is 1.52 bits per heavy atom. The van der Waals surface area contributed by atoms with Gasteiger partial charge in [0.2, 0.25) is 0 Å². The van der Waals surface area contributed by atoms with Crippen LogP contribution < -0.4 is 0 Å². The number of hydrogen-bond donors (Lipinski definition) is 0. The van der Waals surface area contributed by atoms with E-state index in [9.17, 15) is 4.79 Å². The van der Waals surface area contributed by atoms with Crippen LogP contribution in [0.2, 0.25) is 0 Å². The van der Waals surface area contributed by atoms with Gasteiger partial charge in [-0.3, -0.25) is 4.79 Å². The van der Waals surface area contributed by atoms with Crippen molar-refractivity contribution in [2.75, 3.05) is 0 Å². The third-order valence-electron chi connectivity index (χ3n) is 5.33. The van der Waals surface area contributed by atoms with Crippen molar-refractivity contribution in [2.24, 2.45) is 0 Å². The quantitative estimate of drug-likeness (QED) is 0.500. The van der Waals surface area contributed by atoms with E-state index < -0.39 is 0 Å². The molecule has 0 heterocycles. The highest BCUT2D eigenvalue weighted by Crippen LogP contribution is 2.38. The molecule has 0 N–H and O–H groups in total. The minimum absolute atomic E-state index is 0.00628. The van der Waals surface area contributed by atoms with Crippen molar-refractivity contribution < 1.29 is 4.79 Å². The zero-order chi connectivity index (χ0) is 19.0. The van der Waals surface area contributed by atoms with Gasteiger partial charge in [-0.15, -0.1) is 0 Å². The summed E-state index contributed by atoms with van der Waals surface area (Å²) in [7, 11) is 0. The molecule has 0 bridgehead atoms. The summed E-state index contributed by atoms with van der Waals surface area (Å²) in [5.74, 6) is 0.215. The monoisotopic (exact) mass is 352 g/mol. The first-order valence-corrected chi connectivity index (χ1v) is 9.46. The summed E-state index contributed by atoms with van der Waals surface area (Å²) in [5.41, 5.74) is 6.30. The Bertz CT molecular complexity index is 1020. The van der Waals surface area contributed by atoms with Crippen LogP contribution in [0, 0.1) is 0 Å². The van der Waals surface area contributed by atoms with E-state index in [2.05, 4.69) is 75.4 Å². The molecule has 0 saturated heterocycles. The molecule has 1 unspecified atom stereocenters. The number of hydrogen-bond acceptors (Lipinski definition) is 1. The number of benzene rings is 3. The normalized spacial score (nSPS) is 15.6. The van der Waals surface area contributed by atoms with E-state index in [1.54, 1.807) is 0 Å². The van der Waals surface area contributed by atoms with Crippen molar-refractivity contribution in [1.29, 1.82) is 0 Å². The fourth-order valence-corrected chi connectivity index (χ4v) is 3.76. The predicted octanol–water partition coefficient (Wildman–Crippen LogP) is 6.37. The zero-order valence-corrected chi connectivity index (χ0v) is 16.1. The number of carbonyl (C=O) groups excluding carboxylic acids is 1. The molecule has 27 heavy (non-hydrogen) atoms. The Balaban J connectivity index is 1.87. The Labute approximate surface area is 161 Å². The highest BCUT2D eigenvalue weighted by atomic mass is 16.1. The molecule has 1 atom stereocenters. The lowest BCUT2D eigenvalue weighted by atomic mass is 9.81. The molecule has 3 aromatic rings. The van der Waals surface area contributed by atoms with Gasteiger partial charge < -0.3 is 0 Å². The summed E-state index contributed by atoms with van der Waals surface area (Å²) in [6, 6.07) is 24.4. The number of fused-ring (bicyclic) bond motifs is 1. The molecule has 0 aromatic heterocycles. The van der Waals surface area contributed by atoms with Crippen molar-refractivity contribution in [2.45, 2.75) is 32.1 Å². The second-order valence-electron chi connectivity index (χ2n) is 8.21. The van der Waals surface area contributed by atoms with Crippen molar-refractivity contribution in [3.63, 3.8) is 0 Å². The smallest absolute Gasteiger partial charge is 0.193 e. The summed E-state index contributed by atoms with van der Waals surface area (Å²) in [6.07, 6.45) is 4.37. The molecule has 0 radical (unpaired) electrons. The van der Waals surface area contributed by atoms with Gasteiger partial charge in [-0.25, -0.2) is 0 Å². The van der Waals surface area contributed by atoms with E-state index >= 15 is 0 Å². The van der Waals surface area contributed by atoms with E-state index in [4.69, 9.17) is 0 Å². The topological polar surface area (TPSA) is 17.1 Å². The Kier molecular flexibility index (Phi) is 4.31. The number of carbonyl (C=O) groups is 1. The SMILES string of the molecule is CC(C)(C)c1ccc(C2C=Cc3ccccc32)c(C(=O)c2ccccc2)c1. The molecule has 1 heteroatoms. The molecule has 0 fully saturated rings. The first-order chi connectivity index (χ1) is 12.9. The second-order valence-corrected chi connectivity index (χ2v) is 8.21. The Morgan fingerprint density at radius 1 is 0.815 bits per heavy atom. The molecule has 1 aliphatic rings. The van der Waals surface area contributed by atoms with Gasteiger partial charge in [0, 0.05) is 17.0 Å². The second kappa shape index (κ2) is 6.66. The summed E-state index contributed by atoms with van der Waals surface area (Å²) < 4.78 is 0. The van der Waals surface area contributed by atoms with Crippen LogP contribution in [0.4, 0.5) is 0 Å². The maximum Gasteiger partial charge on any atom is 0.193 e. The Morgan fingerprint density at radius 3 is 2.26 bits per heavy atom. The fourth-order valence-electron chi connectivity index (χ4n) is 3.76. The predicted molar refractivity (Wildman–Crippen MR) is 112 cm³/mol. The van der Waals surface area contributed by atoms with Crippen LogP contribution in [-0.2, 0) is 5.41 Å². The lowest BCUT2D eigenvalue weighted by Gasteiger charge is -2.23. The fraction of sp³-hybridized carbons (Fsp3) is 0.192. The highest BCUT2D eigenvalue weighted by Gasteiger charge is 2.26. The van der Waals surface area contributed by atoms with Crippen molar-refractivity contribution >= 4 is 11.9 Å². The summed E-state index contributed by atoms with van der Waals surface area (Å²) in [5, 5.41) is 0. The molecular weight excluding hydrogens is 328 g/mol. The maximum atomic E-state index is 13.4. The third-order valence-corrected chi connectivity index (χ3v) is 5.33. The van der Waals surface area contributed by atoms with Gasteiger partial charge >= 0.3 is 0 Å². The van der Waals surface area contributed by atoms with Crippen molar-refractivity contribution in [1.82, 2.24) is 0 Å². The van der Waals surface area contributed by atoms with Gasteiger partial charge in [-0.05, 0) is 33.7 Å². The summed E-state index contributed by atoms with van der Waals surface area (Å²) in [6.45, 7) is 6.55. The van der Waals surface area contributed by atoms with E-state index in [1.165, 1.54) is 16.7 Å². The average Bonchev–Trinajstić information content (AvgIpc) is 3.11. The maximum absolute atomic E-state index is 13.4. The van der Waals surface area contributed by atoms with Gasteiger partial charge in [-0.1, -0.05) is 99.7 Å². The molecule has 3 aromatic carbocycles. The number of allylic oxidation sites excluding steroid dienone is 1. The minimum atomic E-state index is -0.00628.